The molecule has 0 aliphatic carbocycles. The summed E-state index contributed by atoms with van der Waals surface area (Å²) in [5, 5.41) is 2.89. The van der Waals surface area contributed by atoms with E-state index >= 15 is 0 Å². The van der Waals surface area contributed by atoms with Crippen molar-refractivity contribution >= 4 is 21.6 Å². The van der Waals surface area contributed by atoms with E-state index < -0.39 is 10.0 Å². The number of benzene rings is 2. The third-order valence-corrected chi connectivity index (χ3v) is 5.98. The number of hydrogen-bond donors (Lipinski definition) is 1. The van der Waals surface area contributed by atoms with Gasteiger partial charge in [0.05, 0.1) is 10.8 Å². The Balaban J connectivity index is 2.32. The molecule has 0 aromatic heterocycles. The molecule has 2 aromatic carbocycles. The van der Waals surface area contributed by atoms with Crippen molar-refractivity contribution in [2.24, 2.45) is 0 Å². The van der Waals surface area contributed by atoms with E-state index in [2.05, 4.69) is 5.32 Å². The third-order valence-electron chi connectivity index (χ3n) is 4.17. The number of aryl methyl sites for hydroxylation is 1. The van der Waals surface area contributed by atoms with Crippen molar-refractivity contribution in [3.8, 4) is 0 Å². The monoisotopic (exact) mass is 360 g/mol. The summed E-state index contributed by atoms with van der Waals surface area (Å²) in [6.45, 7) is 3.79. The van der Waals surface area contributed by atoms with E-state index in [4.69, 9.17) is 0 Å². The van der Waals surface area contributed by atoms with Crippen LogP contribution in [0.3, 0.4) is 0 Å². The van der Waals surface area contributed by atoms with Crippen LogP contribution in [0.15, 0.2) is 53.4 Å². The number of amides is 1. The standard InChI is InChI=1S/C19H24N2O3S/c1-5-17(15-9-7-6-8-10-15)19(22)20-18-13-16(12-11-14(18)2)25(23,24)21(3)4/h6-13,17H,5H2,1-4H3,(H,20,22). The molecule has 0 heterocycles. The first-order valence-corrected chi connectivity index (χ1v) is 9.60. The molecule has 0 aliphatic rings. The van der Waals surface area contributed by atoms with Gasteiger partial charge in [0, 0.05) is 19.8 Å². The summed E-state index contributed by atoms with van der Waals surface area (Å²) in [6, 6.07) is 14.3. The second-order valence-corrected chi connectivity index (χ2v) is 8.28. The Bertz CT molecular complexity index is 846. The van der Waals surface area contributed by atoms with Gasteiger partial charge in [-0.05, 0) is 36.6 Å². The zero-order chi connectivity index (χ0) is 18.6. The lowest BCUT2D eigenvalue weighted by molar-refractivity contribution is -0.117. The topological polar surface area (TPSA) is 66.5 Å². The van der Waals surface area contributed by atoms with Crippen molar-refractivity contribution in [2.75, 3.05) is 19.4 Å². The van der Waals surface area contributed by atoms with E-state index in [0.717, 1.165) is 15.4 Å². The molecule has 1 atom stereocenters. The fourth-order valence-corrected chi connectivity index (χ4v) is 3.51. The lowest BCUT2D eigenvalue weighted by Crippen LogP contribution is -2.23. The lowest BCUT2D eigenvalue weighted by atomic mass is 9.95. The summed E-state index contributed by atoms with van der Waals surface area (Å²) in [6.07, 6.45) is 0.657. The smallest absolute Gasteiger partial charge is 0.242 e. The van der Waals surface area contributed by atoms with Gasteiger partial charge in [0.2, 0.25) is 15.9 Å². The molecule has 0 aliphatic heterocycles. The van der Waals surface area contributed by atoms with Crippen molar-refractivity contribution in [1.82, 2.24) is 4.31 Å². The minimum Gasteiger partial charge on any atom is -0.325 e. The highest BCUT2D eigenvalue weighted by atomic mass is 32.2. The van der Waals surface area contributed by atoms with Gasteiger partial charge in [0.1, 0.15) is 0 Å². The van der Waals surface area contributed by atoms with Crippen LogP contribution in [-0.2, 0) is 14.8 Å². The van der Waals surface area contributed by atoms with Crippen LogP contribution in [0.1, 0.15) is 30.4 Å². The summed E-state index contributed by atoms with van der Waals surface area (Å²) in [5.74, 6) is -0.425. The first-order valence-electron chi connectivity index (χ1n) is 8.16. The van der Waals surface area contributed by atoms with Crippen molar-refractivity contribution in [1.29, 1.82) is 0 Å². The van der Waals surface area contributed by atoms with Gasteiger partial charge in [-0.15, -0.1) is 0 Å². The Morgan fingerprint density at radius 2 is 1.76 bits per heavy atom. The van der Waals surface area contributed by atoms with Crippen LogP contribution in [-0.4, -0.2) is 32.7 Å². The zero-order valence-electron chi connectivity index (χ0n) is 15.0. The summed E-state index contributed by atoms with van der Waals surface area (Å²) in [5.41, 5.74) is 2.27. The fraction of sp³-hybridized carbons (Fsp3) is 0.316. The van der Waals surface area contributed by atoms with Crippen LogP contribution in [0.2, 0.25) is 0 Å². The SMILES string of the molecule is CCC(C(=O)Nc1cc(S(=O)(=O)N(C)C)ccc1C)c1ccccc1. The summed E-state index contributed by atoms with van der Waals surface area (Å²) in [7, 11) is -0.584. The molecule has 0 saturated heterocycles. The number of carbonyl (C=O) groups excluding carboxylic acids is 1. The van der Waals surface area contributed by atoms with E-state index in [-0.39, 0.29) is 16.7 Å². The van der Waals surface area contributed by atoms with Crippen LogP contribution in [0.4, 0.5) is 5.69 Å². The van der Waals surface area contributed by atoms with E-state index in [1.165, 1.54) is 20.2 Å². The lowest BCUT2D eigenvalue weighted by Gasteiger charge is -2.18. The van der Waals surface area contributed by atoms with E-state index in [1.807, 2.05) is 44.2 Å². The maximum absolute atomic E-state index is 12.7. The molecular formula is C19H24N2O3S. The molecule has 0 fully saturated rings. The molecule has 5 nitrogen and oxygen atoms in total. The number of hydrogen-bond acceptors (Lipinski definition) is 3. The summed E-state index contributed by atoms with van der Waals surface area (Å²) >= 11 is 0. The number of carbonyl (C=O) groups is 1. The molecule has 1 amide bonds. The molecule has 2 rings (SSSR count). The van der Waals surface area contributed by atoms with Crippen LogP contribution < -0.4 is 5.32 Å². The van der Waals surface area contributed by atoms with Crippen molar-refractivity contribution < 1.29 is 13.2 Å². The molecule has 134 valence electrons. The largest absolute Gasteiger partial charge is 0.325 e. The highest BCUT2D eigenvalue weighted by Gasteiger charge is 2.21. The number of rotatable bonds is 6. The van der Waals surface area contributed by atoms with Crippen LogP contribution in [0.5, 0.6) is 0 Å². The predicted octanol–water partition coefficient (Wildman–Crippen LogP) is 3.38. The second-order valence-electron chi connectivity index (χ2n) is 6.12. The number of sulfonamides is 1. The minimum absolute atomic E-state index is 0.142. The number of anilines is 1. The maximum atomic E-state index is 12.7. The average Bonchev–Trinajstić information content (AvgIpc) is 2.58. The highest BCUT2D eigenvalue weighted by molar-refractivity contribution is 7.89. The summed E-state index contributed by atoms with van der Waals surface area (Å²) < 4.78 is 25.8. The molecule has 6 heteroatoms. The minimum atomic E-state index is -3.55. The average molecular weight is 360 g/mol. The quantitative estimate of drug-likeness (QED) is 0.859. The molecule has 0 spiro atoms. The molecule has 0 radical (unpaired) electrons. The molecular weight excluding hydrogens is 336 g/mol. The Morgan fingerprint density at radius 3 is 2.32 bits per heavy atom. The molecule has 1 unspecified atom stereocenters. The Morgan fingerprint density at radius 1 is 1.12 bits per heavy atom. The van der Waals surface area contributed by atoms with Crippen molar-refractivity contribution in [3.05, 3.63) is 59.7 Å². The first-order chi connectivity index (χ1) is 11.8. The molecule has 2 aromatic rings. The first kappa shape index (κ1) is 19.1. The number of nitrogens with zero attached hydrogens (tertiary/aromatic N) is 1. The molecule has 25 heavy (non-hydrogen) atoms. The van der Waals surface area contributed by atoms with Crippen LogP contribution >= 0.6 is 0 Å². The van der Waals surface area contributed by atoms with Gasteiger partial charge in [0.15, 0.2) is 0 Å². The van der Waals surface area contributed by atoms with Gasteiger partial charge >= 0.3 is 0 Å². The molecule has 0 saturated carbocycles. The maximum Gasteiger partial charge on any atom is 0.242 e. The highest BCUT2D eigenvalue weighted by Crippen LogP contribution is 2.25. The van der Waals surface area contributed by atoms with Crippen LogP contribution in [0.25, 0.3) is 0 Å². The van der Waals surface area contributed by atoms with Gasteiger partial charge in [-0.3, -0.25) is 4.79 Å². The predicted molar refractivity (Wildman–Crippen MR) is 100 cm³/mol. The van der Waals surface area contributed by atoms with Gasteiger partial charge < -0.3 is 5.32 Å². The zero-order valence-corrected chi connectivity index (χ0v) is 15.8. The van der Waals surface area contributed by atoms with Crippen molar-refractivity contribution in [2.45, 2.75) is 31.1 Å². The van der Waals surface area contributed by atoms with Gasteiger partial charge in [-0.2, -0.15) is 0 Å². The third kappa shape index (κ3) is 4.27. The van der Waals surface area contributed by atoms with Gasteiger partial charge in [-0.25, -0.2) is 12.7 Å². The number of nitrogens with one attached hydrogen (secondary N) is 1. The Hall–Kier alpha value is -2.18. The second kappa shape index (κ2) is 7.80. The van der Waals surface area contributed by atoms with E-state index in [0.29, 0.717) is 12.1 Å². The van der Waals surface area contributed by atoms with Gasteiger partial charge in [-0.1, -0.05) is 43.3 Å². The van der Waals surface area contributed by atoms with E-state index in [9.17, 15) is 13.2 Å². The normalized spacial score (nSPS) is 12.8. The molecule has 1 N–H and O–H groups in total. The van der Waals surface area contributed by atoms with Gasteiger partial charge in [0.25, 0.3) is 0 Å². The molecule has 0 bridgehead atoms. The Labute approximate surface area is 149 Å². The summed E-state index contributed by atoms with van der Waals surface area (Å²) in [4.78, 5) is 12.9. The fourth-order valence-electron chi connectivity index (χ4n) is 2.58. The van der Waals surface area contributed by atoms with Crippen molar-refractivity contribution in [3.63, 3.8) is 0 Å². The van der Waals surface area contributed by atoms with E-state index in [1.54, 1.807) is 12.1 Å². The van der Waals surface area contributed by atoms with Crippen LogP contribution in [0, 0.1) is 6.92 Å². The Kier molecular flexibility index (Phi) is 5.98.